The third-order valence-electron chi connectivity index (χ3n) is 2.30. The summed E-state index contributed by atoms with van der Waals surface area (Å²) in [6.45, 7) is 6.03. The number of rotatable bonds is 3. The van der Waals surface area contributed by atoms with Crippen molar-refractivity contribution in [3.63, 3.8) is 0 Å². The monoisotopic (exact) mass is 187 g/mol. The molecule has 1 nitrogen and oxygen atoms in total. The van der Waals surface area contributed by atoms with E-state index in [-0.39, 0.29) is 0 Å². The molecule has 0 spiro atoms. The third-order valence-corrected chi connectivity index (χ3v) is 2.30. The molecular formula is C13H17N. The number of aliphatic imine (C=N–C) groups is 1. The summed E-state index contributed by atoms with van der Waals surface area (Å²) in [5, 5.41) is 0. The van der Waals surface area contributed by atoms with Crippen LogP contribution in [0.1, 0.15) is 19.8 Å². The van der Waals surface area contributed by atoms with Crippen molar-refractivity contribution in [3.05, 3.63) is 48.1 Å². The Balaban J connectivity index is 2.62. The van der Waals surface area contributed by atoms with E-state index in [0.717, 1.165) is 24.1 Å². The molecule has 0 heterocycles. The van der Waals surface area contributed by atoms with Gasteiger partial charge in [-0.15, -0.1) is 0 Å². The van der Waals surface area contributed by atoms with Gasteiger partial charge in [0.1, 0.15) is 0 Å². The average Bonchev–Trinajstić information content (AvgIpc) is 2.26. The summed E-state index contributed by atoms with van der Waals surface area (Å²) in [7, 11) is 1.80. The van der Waals surface area contributed by atoms with Crippen molar-refractivity contribution in [1.82, 2.24) is 0 Å². The molecule has 0 aromatic heterocycles. The average molecular weight is 187 g/mol. The van der Waals surface area contributed by atoms with Gasteiger partial charge in [0.05, 0.1) is 0 Å². The zero-order valence-corrected chi connectivity index (χ0v) is 8.96. The molecule has 0 aromatic carbocycles. The van der Waals surface area contributed by atoms with Gasteiger partial charge in [-0.2, -0.15) is 0 Å². The van der Waals surface area contributed by atoms with Crippen molar-refractivity contribution in [3.8, 4) is 0 Å². The molecule has 0 aliphatic heterocycles. The summed E-state index contributed by atoms with van der Waals surface area (Å²) in [6.07, 6.45) is 12.7. The second kappa shape index (κ2) is 5.38. The maximum Gasteiger partial charge on any atom is 0.0314 e. The molecular weight excluding hydrogens is 170 g/mol. The zero-order valence-electron chi connectivity index (χ0n) is 8.96. The Bertz CT molecular complexity index is 327. The van der Waals surface area contributed by atoms with E-state index in [2.05, 4.69) is 29.8 Å². The van der Waals surface area contributed by atoms with E-state index in [1.165, 1.54) is 5.57 Å². The Hall–Kier alpha value is -1.37. The van der Waals surface area contributed by atoms with Gasteiger partial charge in [-0.1, -0.05) is 30.9 Å². The molecule has 0 unspecified atom stereocenters. The third kappa shape index (κ3) is 3.17. The van der Waals surface area contributed by atoms with Gasteiger partial charge in [0.25, 0.3) is 0 Å². The molecule has 0 fully saturated rings. The molecule has 0 radical (unpaired) electrons. The van der Waals surface area contributed by atoms with Crippen LogP contribution in [0.4, 0.5) is 0 Å². The first-order valence-corrected chi connectivity index (χ1v) is 4.90. The van der Waals surface area contributed by atoms with Crippen molar-refractivity contribution in [2.45, 2.75) is 19.8 Å². The number of nitrogens with zero attached hydrogens (tertiary/aromatic N) is 1. The molecule has 0 N–H and O–H groups in total. The van der Waals surface area contributed by atoms with Gasteiger partial charge < -0.3 is 0 Å². The lowest BCUT2D eigenvalue weighted by Gasteiger charge is -2.08. The van der Waals surface area contributed by atoms with Gasteiger partial charge in [-0.25, -0.2) is 0 Å². The lowest BCUT2D eigenvalue weighted by Crippen LogP contribution is -1.90. The highest BCUT2D eigenvalue weighted by Crippen LogP contribution is 2.19. The summed E-state index contributed by atoms with van der Waals surface area (Å²) in [5.74, 6) is 0. The van der Waals surface area contributed by atoms with Crippen molar-refractivity contribution in [2.24, 2.45) is 4.99 Å². The molecule has 14 heavy (non-hydrogen) atoms. The molecule has 0 aromatic rings. The molecule has 1 aliphatic rings. The SMILES string of the molecule is C=C(/C=C\C(C)=NC)C1=CC=CCC1. The van der Waals surface area contributed by atoms with Crippen molar-refractivity contribution in [1.29, 1.82) is 0 Å². The standard InChI is InChI=1S/C13H17N/c1-11(9-10-12(2)14-3)13-7-5-4-6-8-13/h4-5,7,9-10H,1,6,8H2,2-3H3/b10-9-,14-12?. The van der Waals surface area contributed by atoms with Gasteiger partial charge in [-0.3, -0.25) is 4.99 Å². The fourth-order valence-electron chi connectivity index (χ4n) is 1.27. The van der Waals surface area contributed by atoms with Crippen LogP contribution in [-0.2, 0) is 0 Å². The first-order chi connectivity index (χ1) is 6.74. The van der Waals surface area contributed by atoms with Gasteiger partial charge in [0.2, 0.25) is 0 Å². The van der Waals surface area contributed by atoms with Gasteiger partial charge in [0.15, 0.2) is 0 Å². The number of hydrogen-bond donors (Lipinski definition) is 0. The highest BCUT2D eigenvalue weighted by atomic mass is 14.7. The van der Waals surface area contributed by atoms with Crippen LogP contribution in [0.15, 0.2) is 53.1 Å². The van der Waals surface area contributed by atoms with Crippen LogP contribution in [0.3, 0.4) is 0 Å². The maximum atomic E-state index is 4.06. The van der Waals surface area contributed by atoms with Crippen LogP contribution < -0.4 is 0 Å². The minimum Gasteiger partial charge on any atom is -0.293 e. The van der Waals surface area contributed by atoms with E-state index >= 15 is 0 Å². The molecule has 0 saturated carbocycles. The van der Waals surface area contributed by atoms with Crippen LogP contribution in [0, 0.1) is 0 Å². The van der Waals surface area contributed by atoms with Crippen molar-refractivity contribution < 1.29 is 0 Å². The number of allylic oxidation sites excluding steroid dienone is 7. The normalized spacial score (nSPS) is 17.3. The predicted molar refractivity (Wildman–Crippen MR) is 63.8 cm³/mol. The molecule has 0 atom stereocenters. The second-order valence-corrected chi connectivity index (χ2v) is 3.38. The molecule has 0 saturated heterocycles. The van der Waals surface area contributed by atoms with Gasteiger partial charge in [0, 0.05) is 12.8 Å². The van der Waals surface area contributed by atoms with Crippen LogP contribution in [0.2, 0.25) is 0 Å². The lowest BCUT2D eigenvalue weighted by atomic mass is 9.98. The largest absolute Gasteiger partial charge is 0.293 e. The number of hydrogen-bond acceptors (Lipinski definition) is 1. The maximum absolute atomic E-state index is 4.06. The molecule has 0 amide bonds. The Labute approximate surface area is 86.2 Å². The van der Waals surface area contributed by atoms with Crippen LogP contribution in [0.25, 0.3) is 0 Å². The highest BCUT2D eigenvalue weighted by Gasteiger charge is 2.00. The summed E-state index contributed by atoms with van der Waals surface area (Å²) in [6, 6.07) is 0. The predicted octanol–water partition coefficient (Wildman–Crippen LogP) is 3.47. The minimum atomic E-state index is 1.03. The summed E-state index contributed by atoms with van der Waals surface area (Å²) in [5.41, 5.74) is 3.45. The smallest absolute Gasteiger partial charge is 0.0314 e. The highest BCUT2D eigenvalue weighted by molar-refractivity contribution is 5.93. The Morgan fingerprint density at radius 1 is 1.50 bits per heavy atom. The summed E-state index contributed by atoms with van der Waals surface area (Å²) >= 11 is 0. The molecule has 74 valence electrons. The van der Waals surface area contributed by atoms with E-state index in [1.54, 1.807) is 7.05 Å². The molecule has 1 heteroatoms. The van der Waals surface area contributed by atoms with E-state index < -0.39 is 0 Å². The Kier molecular flexibility index (Phi) is 4.11. The first-order valence-electron chi connectivity index (χ1n) is 4.90. The van der Waals surface area contributed by atoms with E-state index in [9.17, 15) is 0 Å². The van der Waals surface area contributed by atoms with Gasteiger partial charge >= 0.3 is 0 Å². The fraction of sp³-hybridized carbons (Fsp3) is 0.308. The van der Waals surface area contributed by atoms with E-state index in [1.807, 2.05) is 19.1 Å². The van der Waals surface area contributed by atoms with Gasteiger partial charge in [-0.05, 0) is 37.0 Å². The van der Waals surface area contributed by atoms with E-state index in [0.29, 0.717) is 0 Å². The molecule has 1 aliphatic carbocycles. The molecule has 0 bridgehead atoms. The quantitative estimate of drug-likeness (QED) is 0.474. The van der Waals surface area contributed by atoms with E-state index in [4.69, 9.17) is 0 Å². The summed E-state index contributed by atoms with van der Waals surface area (Å²) in [4.78, 5) is 4.06. The first kappa shape index (κ1) is 10.7. The van der Waals surface area contributed by atoms with Crippen LogP contribution >= 0.6 is 0 Å². The van der Waals surface area contributed by atoms with Crippen molar-refractivity contribution >= 4 is 5.71 Å². The topological polar surface area (TPSA) is 12.4 Å². The Morgan fingerprint density at radius 2 is 2.29 bits per heavy atom. The zero-order chi connectivity index (χ0) is 10.4. The van der Waals surface area contributed by atoms with Crippen LogP contribution in [0.5, 0.6) is 0 Å². The Morgan fingerprint density at radius 3 is 2.86 bits per heavy atom. The molecule has 1 rings (SSSR count). The lowest BCUT2D eigenvalue weighted by molar-refractivity contribution is 0.979. The minimum absolute atomic E-state index is 1.03. The van der Waals surface area contributed by atoms with Crippen molar-refractivity contribution in [2.75, 3.05) is 7.05 Å². The summed E-state index contributed by atoms with van der Waals surface area (Å²) < 4.78 is 0. The second-order valence-electron chi connectivity index (χ2n) is 3.38. The fourth-order valence-corrected chi connectivity index (χ4v) is 1.27. The van der Waals surface area contributed by atoms with Crippen LogP contribution in [-0.4, -0.2) is 12.8 Å².